The highest BCUT2D eigenvalue weighted by molar-refractivity contribution is 7.10. The normalized spacial score (nSPS) is 19.7. The lowest BCUT2D eigenvalue weighted by Gasteiger charge is -2.47. The molecule has 2 aromatic rings. The highest BCUT2D eigenvalue weighted by Gasteiger charge is 2.41. The smallest absolute Gasteiger partial charge is 0.273 e. The molecular formula is C23H33N3O2S2. The minimum absolute atomic E-state index is 0.0624. The van der Waals surface area contributed by atoms with E-state index in [9.17, 15) is 4.79 Å². The van der Waals surface area contributed by atoms with Gasteiger partial charge in [-0.3, -0.25) is 4.79 Å². The Kier molecular flexibility index (Phi) is 6.92. The molecule has 1 amide bonds. The van der Waals surface area contributed by atoms with Crippen LogP contribution in [0.4, 0.5) is 0 Å². The number of likely N-dealkylation sites (tertiary alicyclic amines) is 1. The van der Waals surface area contributed by atoms with E-state index in [0.29, 0.717) is 31.3 Å². The van der Waals surface area contributed by atoms with E-state index >= 15 is 0 Å². The summed E-state index contributed by atoms with van der Waals surface area (Å²) in [7, 11) is 0. The summed E-state index contributed by atoms with van der Waals surface area (Å²) < 4.78 is 6.26. The van der Waals surface area contributed by atoms with Gasteiger partial charge in [-0.1, -0.05) is 20.8 Å². The van der Waals surface area contributed by atoms with Gasteiger partial charge in [0, 0.05) is 42.4 Å². The summed E-state index contributed by atoms with van der Waals surface area (Å²) >= 11 is 3.47. The molecular weight excluding hydrogens is 414 g/mol. The van der Waals surface area contributed by atoms with Gasteiger partial charge in [0.2, 0.25) is 0 Å². The maximum absolute atomic E-state index is 13.0. The number of nitrogens with zero attached hydrogens (tertiary/aromatic N) is 3. The molecule has 5 nitrogen and oxygen atoms in total. The third kappa shape index (κ3) is 4.96. The number of aryl methyl sites for hydroxylation is 1. The fourth-order valence-corrected chi connectivity index (χ4v) is 6.03. The first-order valence-electron chi connectivity index (χ1n) is 11.2. The molecule has 0 aliphatic carbocycles. The van der Waals surface area contributed by atoms with Gasteiger partial charge in [0.25, 0.3) is 5.91 Å². The number of piperidine rings is 1. The van der Waals surface area contributed by atoms with Crippen molar-refractivity contribution in [3.63, 3.8) is 0 Å². The van der Waals surface area contributed by atoms with E-state index in [-0.39, 0.29) is 11.5 Å². The fourth-order valence-electron chi connectivity index (χ4n) is 4.35. The second-order valence-corrected chi connectivity index (χ2v) is 10.7. The van der Waals surface area contributed by atoms with Crippen molar-refractivity contribution in [3.05, 3.63) is 38.0 Å². The largest absolute Gasteiger partial charge is 0.371 e. The van der Waals surface area contributed by atoms with E-state index < -0.39 is 0 Å². The van der Waals surface area contributed by atoms with Crippen molar-refractivity contribution in [2.75, 3.05) is 39.3 Å². The molecule has 2 aliphatic heterocycles. The SMILES string of the molecule is CCc1cc(CCN2CCC3(CC2)CN(C(=O)c2csc(C(C)C)n2)CCO3)cs1. The summed E-state index contributed by atoms with van der Waals surface area (Å²) in [5.41, 5.74) is 1.88. The molecule has 2 saturated heterocycles. The van der Waals surface area contributed by atoms with Crippen LogP contribution >= 0.6 is 22.7 Å². The number of aromatic nitrogens is 1. The fraction of sp³-hybridized carbons (Fsp3) is 0.652. The van der Waals surface area contributed by atoms with Crippen molar-refractivity contribution in [2.45, 2.75) is 58.0 Å². The van der Waals surface area contributed by atoms with Crippen LogP contribution < -0.4 is 0 Å². The van der Waals surface area contributed by atoms with Gasteiger partial charge in [0.15, 0.2) is 0 Å². The van der Waals surface area contributed by atoms with Gasteiger partial charge in [0.1, 0.15) is 5.69 Å². The Morgan fingerprint density at radius 1 is 1.23 bits per heavy atom. The molecule has 0 saturated carbocycles. The zero-order valence-electron chi connectivity index (χ0n) is 18.4. The third-order valence-corrected chi connectivity index (χ3v) is 8.59. The molecule has 4 heterocycles. The van der Waals surface area contributed by atoms with E-state index in [1.165, 1.54) is 10.4 Å². The number of rotatable bonds is 6. The number of hydrogen-bond donors (Lipinski definition) is 0. The van der Waals surface area contributed by atoms with E-state index in [1.54, 1.807) is 11.3 Å². The maximum atomic E-state index is 13.0. The second kappa shape index (κ2) is 9.47. The summed E-state index contributed by atoms with van der Waals surface area (Å²) in [6.07, 6.45) is 4.24. The average Bonchev–Trinajstić information content (AvgIpc) is 3.43. The monoisotopic (exact) mass is 447 g/mol. The van der Waals surface area contributed by atoms with Gasteiger partial charge in [-0.15, -0.1) is 22.7 Å². The quantitative estimate of drug-likeness (QED) is 0.657. The van der Waals surface area contributed by atoms with E-state index in [1.807, 2.05) is 21.6 Å². The van der Waals surface area contributed by atoms with Gasteiger partial charge in [-0.25, -0.2) is 4.98 Å². The van der Waals surface area contributed by atoms with Crippen LogP contribution in [0.15, 0.2) is 16.8 Å². The summed E-state index contributed by atoms with van der Waals surface area (Å²) in [6.45, 7) is 11.6. The zero-order valence-corrected chi connectivity index (χ0v) is 20.0. The van der Waals surface area contributed by atoms with Gasteiger partial charge in [-0.2, -0.15) is 0 Å². The van der Waals surface area contributed by atoms with Crippen LogP contribution in [-0.4, -0.2) is 65.6 Å². The van der Waals surface area contributed by atoms with E-state index in [2.05, 4.69) is 42.1 Å². The topological polar surface area (TPSA) is 45.7 Å². The van der Waals surface area contributed by atoms with Crippen LogP contribution in [0.25, 0.3) is 0 Å². The van der Waals surface area contributed by atoms with Crippen molar-refractivity contribution in [2.24, 2.45) is 0 Å². The van der Waals surface area contributed by atoms with Crippen molar-refractivity contribution >= 4 is 28.6 Å². The van der Waals surface area contributed by atoms with Gasteiger partial charge in [0.05, 0.1) is 23.8 Å². The molecule has 30 heavy (non-hydrogen) atoms. The van der Waals surface area contributed by atoms with Crippen molar-refractivity contribution in [1.29, 1.82) is 0 Å². The number of carbonyl (C=O) groups excluding carboxylic acids is 1. The average molecular weight is 448 g/mol. The molecule has 0 N–H and O–H groups in total. The van der Waals surface area contributed by atoms with Crippen LogP contribution in [0, 0.1) is 0 Å². The maximum Gasteiger partial charge on any atom is 0.273 e. The van der Waals surface area contributed by atoms with Crippen LogP contribution in [-0.2, 0) is 17.6 Å². The Morgan fingerprint density at radius 2 is 2.03 bits per heavy atom. The predicted molar refractivity (Wildman–Crippen MR) is 124 cm³/mol. The Hall–Kier alpha value is -1.28. The third-order valence-electron chi connectivity index (χ3n) is 6.31. The van der Waals surface area contributed by atoms with Gasteiger partial charge < -0.3 is 14.5 Å². The minimum atomic E-state index is -0.181. The summed E-state index contributed by atoms with van der Waals surface area (Å²) in [5, 5.41) is 5.25. The van der Waals surface area contributed by atoms with Crippen molar-refractivity contribution in [1.82, 2.24) is 14.8 Å². The molecule has 0 atom stereocenters. The molecule has 2 aromatic heterocycles. The molecule has 164 valence electrons. The number of amides is 1. The molecule has 4 rings (SSSR count). The molecule has 0 radical (unpaired) electrons. The van der Waals surface area contributed by atoms with Crippen LogP contribution in [0.3, 0.4) is 0 Å². The number of thiophene rings is 1. The van der Waals surface area contributed by atoms with Crippen LogP contribution in [0.5, 0.6) is 0 Å². The number of thiazole rings is 1. The van der Waals surface area contributed by atoms with Crippen molar-refractivity contribution in [3.8, 4) is 0 Å². The zero-order chi connectivity index (χ0) is 21.1. The Morgan fingerprint density at radius 3 is 2.70 bits per heavy atom. The number of ether oxygens (including phenoxy) is 1. The Balaban J connectivity index is 1.30. The van der Waals surface area contributed by atoms with Crippen LogP contribution in [0.2, 0.25) is 0 Å². The lowest BCUT2D eigenvalue weighted by Crippen LogP contribution is -2.58. The number of hydrogen-bond acceptors (Lipinski definition) is 6. The first kappa shape index (κ1) is 21.9. The van der Waals surface area contributed by atoms with E-state index in [4.69, 9.17) is 4.74 Å². The van der Waals surface area contributed by atoms with Crippen LogP contribution in [0.1, 0.15) is 65.5 Å². The lowest BCUT2D eigenvalue weighted by molar-refractivity contribution is -0.127. The minimum Gasteiger partial charge on any atom is -0.371 e. The molecule has 0 unspecified atom stereocenters. The first-order valence-corrected chi connectivity index (χ1v) is 12.9. The molecule has 0 aromatic carbocycles. The molecule has 7 heteroatoms. The standard InChI is InChI=1S/C23H33N3O2S2/c1-4-19-13-18(14-29-19)5-8-25-9-6-23(7-10-25)16-26(11-12-28-23)22(27)20-15-30-21(24-20)17(2)3/h13-15,17H,4-12,16H2,1-3H3. The van der Waals surface area contributed by atoms with Crippen molar-refractivity contribution < 1.29 is 9.53 Å². The number of carbonyl (C=O) groups is 1. The highest BCUT2D eigenvalue weighted by Crippen LogP contribution is 2.31. The first-order chi connectivity index (χ1) is 14.5. The molecule has 2 aliphatic rings. The molecule has 1 spiro atoms. The second-order valence-electron chi connectivity index (χ2n) is 8.85. The highest BCUT2D eigenvalue weighted by atomic mass is 32.1. The summed E-state index contributed by atoms with van der Waals surface area (Å²) in [6, 6.07) is 2.35. The Labute approximate surface area is 188 Å². The Bertz CT molecular complexity index is 852. The number of morpholine rings is 1. The van der Waals surface area contributed by atoms with Gasteiger partial charge >= 0.3 is 0 Å². The molecule has 2 fully saturated rings. The summed E-state index contributed by atoms with van der Waals surface area (Å²) in [5.74, 6) is 0.423. The van der Waals surface area contributed by atoms with E-state index in [0.717, 1.165) is 50.3 Å². The molecule has 0 bridgehead atoms. The summed E-state index contributed by atoms with van der Waals surface area (Å²) in [4.78, 5) is 23.6. The predicted octanol–water partition coefficient (Wildman–Crippen LogP) is 4.44. The van der Waals surface area contributed by atoms with Gasteiger partial charge in [-0.05, 0) is 42.7 Å². The lowest BCUT2D eigenvalue weighted by atomic mass is 9.89.